The lowest BCUT2D eigenvalue weighted by Crippen LogP contribution is -2.24. The first kappa shape index (κ1) is 23.1. The number of H-pyrrole nitrogens is 1. The Morgan fingerprint density at radius 1 is 1.09 bits per heavy atom. The number of aromatic nitrogens is 3. The maximum absolute atomic E-state index is 13.4. The summed E-state index contributed by atoms with van der Waals surface area (Å²) in [4.78, 5) is 31.1. The van der Waals surface area contributed by atoms with E-state index in [1.54, 1.807) is 6.20 Å². The van der Waals surface area contributed by atoms with Gasteiger partial charge in [0.1, 0.15) is 11.5 Å². The fraction of sp³-hybridized carbons (Fsp3) is 0.238. The van der Waals surface area contributed by atoms with E-state index in [4.69, 9.17) is 11.6 Å². The first-order valence-electron chi connectivity index (χ1n) is 9.81. The minimum atomic E-state index is -1.21. The maximum Gasteiger partial charge on any atom is 0.269 e. The molecule has 0 spiro atoms. The molecule has 3 N–H and O–H groups in total. The molecule has 3 aromatic rings. The van der Waals surface area contributed by atoms with Crippen molar-refractivity contribution in [2.24, 2.45) is 0 Å². The van der Waals surface area contributed by atoms with Gasteiger partial charge in [-0.1, -0.05) is 17.7 Å². The van der Waals surface area contributed by atoms with Crippen LogP contribution >= 0.6 is 11.6 Å². The molecule has 11 heteroatoms. The summed E-state index contributed by atoms with van der Waals surface area (Å²) in [5, 5.41) is 11.2. The predicted octanol–water partition coefficient (Wildman–Crippen LogP) is 3.76. The Morgan fingerprint density at radius 2 is 1.81 bits per heavy atom. The highest BCUT2D eigenvalue weighted by Crippen LogP contribution is 2.21. The lowest BCUT2D eigenvalue weighted by molar-refractivity contribution is 0.0945. The van der Waals surface area contributed by atoms with E-state index < -0.39 is 23.4 Å². The summed E-state index contributed by atoms with van der Waals surface area (Å²) in [5.74, 6) is -2.74. The zero-order valence-electron chi connectivity index (χ0n) is 17.4. The highest BCUT2D eigenvalue weighted by Gasteiger charge is 2.17. The molecular formula is C21H21ClF2N6O2. The van der Waals surface area contributed by atoms with E-state index in [9.17, 15) is 18.4 Å². The van der Waals surface area contributed by atoms with Gasteiger partial charge in [-0.25, -0.2) is 13.8 Å². The number of rotatable bonds is 8. The molecule has 0 saturated heterocycles. The highest BCUT2D eigenvalue weighted by atomic mass is 35.5. The van der Waals surface area contributed by atoms with Crippen molar-refractivity contribution in [3.05, 3.63) is 70.0 Å². The number of nitrogens with zero attached hydrogens (tertiary/aromatic N) is 3. The third-order valence-corrected chi connectivity index (χ3v) is 4.98. The molecule has 0 aliphatic rings. The standard InChI is InChI=1S/C21H21ClF2N6O2/c1-3-30(4-2)19-6-5-12(10-25-19)11-26-21(32)17-9-18(29-28-17)27-20(31)13-7-15(23)16(24)8-14(13)22/h5-10H,3-4,11H2,1-2H3,(H,26,32)(H2,27,28,29,31). The zero-order chi connectivity index (χ0) is 23.3. The summed E-state index contributed by atoms with van der Waals surface area (Å²) >= 11 is 5.79. The van der Waals surface area contributed by atoms with E-state index in [1.807, 2.05) is 26.0 Å². The Kier molecular flexibility index (Phi) is 7.37. The lowest BCUT2D eigenvalue weighted by Gasteiger charge is -2.19. The van der Waals surface area contributed by atoms with Crippen LogP contribution in [0.15, 0.2) is 36.5 Å². The van der Waals surface area contributed by atoms with Crippen LogP contribution in [0.1, 0.15) is 40.3 Å². The number of pyridine rings is 1. The monoisotopic (exact) mass is 462 g/mol. The molecule has 0 atom stereocenters. The van der Waals surface area contributed by atoms with Crippen LogP contribution < -0.4 is 15.5 Å². The molecule has 2 amide bonds. The Bertz CT molecular complexity index is 1120. The van der Waals surface area contributed by atoms with Crippen molar-refractivity contribution in [1.82, 2.24) is 20.5 Å². The second-order valence-electron chi connectivity index (χ2n) is 6.75. The molecule has 0 saturated carbocycles. The third-order valence-electron chi connectivity index (χ3n) is 4.67. The lowest BCUT2D eigenvalue weighted by atomic mass is 10.2. The number of hydrogen-bond acceptors (Lipinski definition) is 5. The number of hydrogen-bond donors (Lipinski definition) is 3. The number of carbonyl (C=O) groups excluding carboxylic acids is 2. The van der Waals surface area contributed by atoms with Crippen LogP contribution in [-0.4, -0.2) is 40.1 Å². The molecule has 168 valence electrons. The fourth-order valence-electron chi connectivity index (χ4n) is 2.92. The van der Waals surface area contributed by atoms with Crippen molar-refractivity contribution < 1.29 is 18.4 Å². The van der Waals surface area contributed by atoms with E-state index in [-0.39, 0.29) is 28.6 Å². The summed E-state index contributed by atoms with van der Waals surface area (Å²) in [7, 11) is 0. The summed E-state index contributed by atoms with van der Waals surface area (Å²) < 4.78 is 26.6. The second kappa shape index (κ2) is 10.2. The molecule has 32 heavy (non-hydrogen) atoms. The molecule has 0 bridgehead atoms. The van der Waals surface area contributed by atoms with E-state index in [0.717, 1.165) is 24.5 Å². The van der Waals surface area contributed by atoms with Gasteiger partial charge in [0.2, 0.25) is 0 Å². The quantitative estimate of drug-likeness (QED) is 0.442. The molecule has 0 fully saturated rings. The SMILES string of the molecule is CCN(CC)c1ccc(CNC(=O)c2cc(NC(=O)c3cc(F)c(F)cc3Cl)n[nH]2)cn1. The van der Waals surface area contributed by atoms with Crippen LogP contribution in [0.2, 0.25) is 5.02 Å². The van der Waals surface area contributed by atoms with Crippen LogP contribution in [-0.2, 0) is 6.54 Å². The Labute approximate surface area is 188 Å². The summed E-state index contributed by atoms with van der Waals surface area (Å²) in [6.07, 6.45) is 1.69. The van der Waals surface area contributed by atoms with Crippen LogP contribution in [0.4, 0.5) is 20.4 Å². The van der Waals surface area contributed by atoms with Gasteiger partial charge < -0.3 is 15.5 Å². The molecule has 2 aromatic heterocycles. The van der Waals surface area contributed by atoms with E-state index >= 15 is 0 Å². The van der Waals surface area contributed by atoms with Gasteiger partial charge in [0.15, 0.2) is 17.5 Å². The molecule has 8 nitrogen and oxygen atoms in total. The Morgan fingerprint density at radius 3 is 2.47 bits per heavy atom. The largest absolute Gasteiger partial charge is 0.357 e. The van der Waals surface area contributed by atoms with Crippen molar-refractivity contribution >= 4 is 35.1 Å². The van der Waals surface area contributed by atoms with Gasteiger partial charge in [0, 0.05) is 31.9 Å². The molecule has 0 unspecified atom stereocenters. The van der Waals surface area contributed by atoms with Crippen LogP contribution in [0.3, 0.4) is 0 Å². The van der Waals surface area contributed by atoms with Gasteiger partial charge >= 0.3 is 0 Å². The molecule has 0 aliphatic heterocycles. The number of nitrogens with one attached hydrogen (secondary N) is 3. The normalized spacial score (nSPS) is 10.7. The number of benzene rings is 1. The first-order valence-corrected chi connectivity index (χ1v) is 10.2. The minimum absolute atomic E-state index is 0.0196. The Balaban J connectivity index is 1.59. The average Bonchev–Trinajstić information content (AvgIpc) is 3.24. The number of aromatic amines is 1. The van der Waals surface area contributed by atoms with Crippen molar-refractivity contribution in [1.29, 1.82) is 0 Å². The summed E-state index contributed by atoms with van der Waals surface area (Å²) in [6.45, 7) is 6.04. The van der Waals surface area contributed by atoms with Crippen molar-refractivity contribution in [2.45, 2.75) is 20.4 Å². The molecule has 0 aliphatic carbocycles. The molecule has 1 aromatic carbocycles. The van der Waals surface area contributed by atoms with Gasteiger partial charge in [0.05, 0.1) is 10.6 Å². The zero-order valence-corrected chi connectivity index (χ0v) is 18.1. The maximum atomic E-state index is 13.4. The van der Waals surface area contributed by atoms with Gasteiger partial charge in [0.25, 0.3) is 11.8 Å². The molecular weight excluding hydrogens is 442 g/mol. The summed E-state index contributed by atoms with van der Waals surface area (Å²) in [5.41, 5.74) is 0.653. The predicted molar refractivity (Wildman–Crippen MR) is 117 cm³/mol. The van der Waals surface area contributed by atoms with Crippen molar-refractivity contribution in [3.63, 3.8) is 0 Å². The number of carbonyl (C=O) groups is 2. The minimum Gasteiger partial charge on any atom is -0.357 e. The topological polar surface area (TPSA) is 103 Å². The molecule has 2 heterocycles. The van der Waals surface area contributed by atoms with Crippen LogP contribution in [0, 0.1) is 11.6 Å². The summed E-state index contributed by atoms with van der Waals surface area (Å²) in [6, 6.07) is 6.47. The average molecular weight is 463 g/mol. The van der Waals surface area contributed by atoms with E-state index in [2.05, 4.69) is 30.7 Å². The number of anilines is 2. The van der Waals surface area contributed by atoms with Crippen LogP contribution in [0.25, 0.3) is 0 Å². The second-order valence-corrected chi connectivity index (χ2v) is 7.15. The van der Waals surface area contributed by atoms with Gasteiger partial charge in [-0.05, 0) is 37.6 Å². The fourth-order valence-corrected chi connectivity index (χ4v) is 3.15. The molecule has 3 rings (SSSR count). The first-order chi connectivity index (χ1) is 15.3. The van der Waals surface area contributed by atoms with Gasteiger partial charge in [-0.15, -0.1) is 0 Å². The smallest absolute Gasteiger partial charge is 0.269 e. The van der Waals surface area contributed by atoms with Crippen molar-refractivity contribution in [3.8, 4) is 0 Å². The number of halogens is 3. The van der Waals surface area contributed by atoms with E-state index in [0.29, 0.717) is 12.1 Å². The third kappa shape index (κ3) is 5.38. The Hall–Kier alpha value is -3.53. The van der Waals surface area contributed by atoms with Gasteiger partial charge in [-0.3, -0.25) is 14.7 Å². The molecule has 0 radical (unpaired) electrons. The number of amides is 2. The van der Waals surface area contributed by atoms with Crippen molar-refractivity contribution in [2.75, 3.05) is 23.3 Å². The van der Waals surface area contributed by atoms with Crippen LogP contribution in [0.5, 0.6) is 0 Å². The van der Waals surface area contributed by atoms with E-state index in [1.165, 1.54) is 6.07 Å². The highest BCUT2D eigenvalue weighted by molar-refractivity contribution is 6.34. The van der Waals surface area contributed by atoms with Gasteiger partial charge in [-0.2, -0.15) is 5.10 Å².